The molecule has 0 fully saturated rings. The summed E-state index contributed by atoms with van der Waals surface area (Å²) in [6, 6.07) is 1.88. The first-order valence-corrected chi connectivity index (χ1v) is 5.52. The maximum absolute atomic E-state index is 11.8. The molecule has 0 spiro atoms. The zero-order chi connectivity index (χ0) is 10.6. The van der Waals surface area contributed by atoms with Crippen molar-refractivity contribution in [2.45, 2.75) is 13.8 Å². The van der Waals surface area contributed by atoms with Gasteiger partial charge in [-0.1, -0.05) is 0 Å². The summed E-state index contributed by atoms with van der Waals surface area (Å²) in [6.07, 6.45) is 0. The molecule has 0 aliphatic heterocycles. The average molecular weight is 213 g/mol. The quantitative estimate of drug-likeness (QED) is 0.823. The van der Waals surface area contributed by atoms with Crippen LogP contribution in [0.1, 0.15) is 22.2 Å². The molecule has 0 aliphatic rings. The van der Waals surface area contributed by atoms with Crippen molar-refractivity contribution in [3.63, 3.8) is 0 Å². The predicted octanol–water partition coefficient (Wildman–Crippen LogP) is 1.51. The van der Waals surface area contributed by atoms with Gasteiger partial charge in [0.25, 0.3) is 5.91 Å². The lowest BCUT2D eigenvalue weighted by Gasteiger charge is -2.18. The van der Waals surface area contributed by atoms with Gasteiger partial charge in [0.05, 0.1) is 11.5 Å². The van der Waals surface area contributed by atoms with Gasteiger partial charge < -0.3 is 10.0 Å². The van der Waals surface area contributed by atoms with Crippen LogP contribution in [0.3, 0.4) is 0 Å². The number of hydrogen-bond donors (Lipinski definition) is 1. The number of aliphatic hydroxyl groups is 1. The molecule has 1 amide bonds. The number of amides is 1. The highest BCUT2D eigenvalue weighted by atomic mass is 32.1. The van der Waals surface area contributed by atoms with Crippen LogP contribution in [0.25, 0.3) is 0 Å². The molecule has 1 N–H and O–H groups in total. The van der Waals surface area contributed by atoms with E-state index in [1.807, 2.05) is 25.3 Å². The maximum atomic E-state index is 11.8. The second-order valence-electron chi connectivity index (χ2n) is 3.10. The van der Waals surface area contributed by atoms with Crippen LogP contribution in [-0.4, -0.2) is 35.6 Å². The molecule has 14 heavy (non-hydrogen) atoms. The third kappa shape index (κ3) is 2.56. The summed E-state index contributed by atoms with van der Waals surface area (Å²) in [5.41, 5.74) is 1.11. The largest absolute Gasteiger partial charge is 0.395 e. The smallest absolute Gasteiger partial charge is 0.263 e. The SMILES string of the molecule is CCN(CCO)C(=O)c1cc(C)cs1. The fourth-order valence-electron chi connectivity index (χ4n) is 1.22. The molecule has 1 rings (SSSR count). The summed E-state index contributed by atoms with van der Waals surface area (Å²) in [5, 5.41) is 10.7. The lowest BCUT2D eigenvalue weighted by molar-refractivity contribution is 0.0737. The Morgan fingerprint density at radius 1 is 1.64 bits per heavy atom. The molecule has 0 atom stereocenters. The normalized spacial score (nSPS) is 10.2. The number of aliphatic hydroxyl groups excluding tert-OH is 1. The van der Waals surface area contributed by atoms with E-state index in [0.29, 0.717) is 13.1 Å². The molecule has 4 heteroatoms. The number of carbonyl (C=O) groups excluding carboxylic acids is 1. The van der Waals surface area contributed by atoms with Crippen LogP contribution in [0.15, 0.2) is 11.4 Å². The number of aryl methyl sites for hydroxylation is 1. The molecule has 1 heterocycles. The molecule has 0 saturated heterocycles. The van der Waals surface area contributed by atoms with E-state index in [2.05, 4.69) is 0 Å². The van der Waals surface area contributed by atoms with Crippen LogP contribution in [0.5, 0.6) is 0 Å². The van der Waals surface area contributed by atoms with Crippen LogP contribution >= 0.6 is 11.3 Å². The van der Waals surface area contributed by atoms with Gasteiger partial charge >= 0.3 is 0 Å². The molecule has 0 aliphatic carbocycles. The van der Waals surface area contributed by atoms with Crippen molar-refractivity contribution in [3.05, 3.63) is 21.9 Å². The van der Waals surface area contributed by atoms with Gasteiger partial charge in [-0.3, -0.25) is 4.79 Å². The number of carbonyl (C=O) groups is 1. The highest BCUT2D eigenvalue weighted by Crippen LogP contribution is 2.15. The summed E-state index contributed by atoms with van der Waals surface area (Å²) in [7, 11) is 0. The van der Waals surface area contributed by atoms with E-state index in [-0.39, 0.29) is 12.5 Å². The monoisotopic (exact) mass is 213 g/mol. The fraction of sp³-hybridized carbons (Fsp3) is 0.500. The fourth-order valence-corrected chi connectivity index (χ4v) is 2.09. The van der Waals surface area contributed by atoms with Gasteiger partial charge in [-0.15, -0.1) is 11.3 Å². The number of likely N-dealkylation sites (N-methyl/N-ethyl adjacent to an activating group) is 1. The Hall–Kier alpha value is -0.870. The molecule has 1 aromatic heterocycles. The van der Waals surface area contributed by atoms with Gasteiger partial charge in [-0.25, -0.2) is 0 Å². The minimum Gasteiger partial charge on any atom is -0.395 e. The van der Waals surface area contributed by atoms with Gasteiger partial charge in [-0.05, 0) is 30.9 Å². The van der Waals surface area contributed by atoms with Gasteiger partial charge in [-0.2, -0.15) is 0 Å². The summed E-state index contributed by atoms with van der Waals surface area (Å²) < 4.78 is 0. The molecule has 0 bridgehead atoms. The van der Waals surface area contributed by atoms with Crippen molar-refractivity contribution in [1.82, 2.24) is 4.90 Å². The first-order valence-electron chi connectivity index (χ1n) is 4.64. The van der Waals surface area contributed by atoms with E-state index in [9.17, 15) is 4.79 Å². The summed E-state index contributed by atoms with van der Waals surface area (Å²) >= 11 is 1.45. The number of hydrogen-bond acceptors (Lipinski definition) is 3. The third-order valence-corrected chi connectivity index (χ3v) is 3.02. The minimum atomic E-state index is 0.0136. The molecule has 1 aromatic rings. The van der Waals surface area contributed by atoms with Crippen LogP contribution in [-0.2, 0) is 0 Å². The van der Waals surface area contributed by atoms with Crippen molar-refractivity contribution in [2.75, 3.05) is 19.7 Å². The Morgan fingerprint density at radius 3 is 2.79 bits per heavy atom. The Bertz CT molecular complexity index is 309. The molecular formula is C10H15NO2S. The zero-order valence-electron chi connectivity index (χ0n) is 8.49. The first kappa shape index (κ1) is 11.2. The van der Waals surface area contributed by atoms with Crippen LogP contribution in [0, 0.1) is 6.92 Å². The van der Waals surface area contributed by atoms with Gasteiger partial charge in [0, 0.05) is 13.1 Å². The molecular weight excluding hydrogens is 198 g/mol. The molecule has 3 nitrogen and oxygen atoms in total. The molecule has 78 valence electrons. The summed E-state index contributed by atoms with van der Waals surface area (Å²) in [6.45, 7) is 4.94. The van der Waals surface area contributed by atoms with Crippen molar-refractivity contribution < 1.29 is 9.90 Å². The molecule has 0 unspecified atom stereocenters. The summed E-state index contributed by atoms with van der Waals surface area (Å²) in [5.74, 6) is 0.0136. The minimum absolute atomic E-state index is 0.0136. The van der Waals surface area contributed by atoms with E-state index in [1.54, 1.807) is 4.90 Å². The molecule has 0 radical (unpaired) electrons. The van der Waals surface area contributed by atoms with E-state index in [1.165, 1.54) is 11.3 Å². The van der Waals surface area contributed by atoms with Crippen LogP contribution in [0.2, 0.25) is 0 Å². The van der Waals surface area contributed by atoms with E-state index in [0.717, 1.165) is 10.4 Å². The number of thiophene rings is 1. The molecule has 0 saturated carbocycles. The van der Waals surface area contributed by atoms with Crippen LogP contribution in [0.4, 0.5) is 0 Å². The van der Waals surface area contributed by atoms with Gasteiger partial charge in [0.1, 0.15) is 0 Å². The Kier molecular flexibility index (Phi) is 4.10. The topological polar surface area (TPSA) is 40.5 Å². The second kappa shape index (κ2) is 5.12. The van der Waals surface area contributed by atoms with E-state index in [4.69, 9.17) is 5.11 Å². The third-order valence-electron chi connectivity index (χ3n) is 1.98. The van der Waals surface area contributed by atoms with E-state index < -0.39 is 0 Å². The highest BCUT2D eigenvalue weighted by molar-refractivity contribution is 7.12. The standard InChI is InChI=1S/C10H15NO2S/c1-3-11(4-5-12)10(13)9-6-8(2)7-14-9/h6-7,12H,3-5H2,1-2H3. The zero-order valence-corrected chi connectivity index (χ0v) is 9.30. The Balaban J connectivity index is 2.72. The van der Waals surface area contributed by atoms with Crippen molar-refractivity contribution >= 4 is 17.2 Å². The lowest BCUT2D eigenvalue weighted by Crippen LogP contribution is -2.32. The van der Waals surface area contributed by atoms with Crippen molar-refractivity contribution in [2.24, 2.45) is 0 Å². The van der Waals surface area contributed by atoms with Crippen LogP contribution < -0.4 is 0 Å². The first-order chi connectivity index (χ1) is 6.69. The maximum Gasteiger partial charge on any atom is 0.263 e. The van der Waals surface area contributed by atoms with Crippen molar-refractivity contribution in [3.8, 4) is 0 Å². The number of rotatable bonds is 4. The second-order valence-corrected chi connectivity index (χ2v) is 4.01. The molecule has 0 aromatic carbocycles. The number of nitrogens with zero attached hydrogens (tertiary/aromatic N) is 1. The predicted molar refractivity (Wildman–Crippen MR) is 57.7 cm³/mol. The van der Waals surface area contributed by atoms with E-state index >= 15 is 0 Å². The van der Waals surface area contributed by atoms with Gasteiger partial charge in [0.15, 0.2) is 0 Å². The summed E-state index contributed by atoms with van der Waals surface area (Å²) in [4.78, 5) is 14.2. The van der Waals surface area contributed by atoms with Gasteiger partial charge in [0.2, 0.25) is 0 Å². The Morgan fingerprint density at radius 2 is 2.36 bits per heavy atom. The highest BCUT2D eigenvalue weighted by Gasteiger charge is 2.14. The lowest BCUT2D eigenvalue weighted by atomic mass is 10.3. The van der Waals surface area contributed by atoms with Crippen molar-refractivity contribution in [1.29, 1.82) is 0 Å². The average Bonchev–Trinajstić information content (AvgIpc) is 2.60. The Labute approximate surface area is 88.0 Å².